The summed E-state index contributed by atoms with van der Waals surface area (Å²) < 4.78 is 27.1. The van der Waals surface area contributed by atoms with E-state index in [9.17, 15) is 23.2 Å². The third kappa shape index (κ3) is 12.4. The summed E-state index contributed by atoms with van der Waals surface area (Å²) in [6.45, 7) is 14.5. The number of amides is 2. The molecule has 260 valence electrons. The lowest BCUT2D eigenvalue weighted by atomic mass is 10.0. The molecule has 1 aromatic heterocycles. The quantitative estimate of drug-likeness (QED) is 0.127. The second kappa shape index (κ2) is 22.0. The SMILES string of the molecule is C#C/C=C\C1=C(C)C(=O)N(CC(C)Cc2ccc(F)c(F)c2)C1=O.CC.CCCC.CN=C/C(Br)=C1\NCCCc2sc(C(C)=O)cc21. The zero-order valence-electron chi connectivity index (χ0n) is 29.3. The number of aryl methyl sites for hydroxylation is 1. The number of hydrogen-bond donors (Lipinski definition) is 1. The Kier molecular flexibility index (Phi) is 19.4. The minimum atomic E-state index is -0.910. The molecule has 1 unspecified atom stereocenters. The normalized spacial score (nSPS) is 15.7. The number of allylic oxidation sites excluding steroid dienone is 2. The van der Waals surface area contributed by atoms with Crippen molar-refractivity contribution in [2.75, 3.05) is 20.1 Å². The molecule has 6 nitrogen and oxygen atoms in total. The summed E-state index contributed by atoms with van der Waals surface area (Å²) >= 11 is 5.14. The Morgan fingerprint density at radius 3 is 2.40 bits per heavy atom. The molecule has 2 aromatic rings. The van der Waals surface area contributed by atoms with Crippen LogP contribution in [0.1, 0.15) is 93.4 Å². The molecule has 4 rings (SSSR count). The standard InChI is InChI=1S/C19H17F2NO2.C13H15BrN2OS.C4H10.C2H6/c1-4-5-6-15-13(3)18(23)22(19(15)24)11-12(2)9-14-7-8-16(20)17(21)10-14;1-8(17)12-6-9-11(18-12)4-3-5-16-13(9)10(14)7-15-2;1-3-4-2;1-2/h1,5-8,10,12H,9,11H2,2-3H3;6-7,16H,3-5H2,1-2H3;3-4H2,1-2H3;1-2H3/b6-5-;13-10+,15-7?;;. The van der Waals surface area contributed by atoms with E-state index in [1.807, 2.05) is 26.8 Å². The zero-order valence-corrected chi connectivity index (χ0v) is 31.7. The van der Waals surface area contributed by atoms with E-state index in [0.29, 0.717) is 17.6 Å². The Bertz CT molecular complexity index is 1580. The van der Waals surface area contributed by atoms with Crippen LogP contribution in [-0.4, -0.2) is 48.8 Å². The Morgan fingerprint density at radius 1 is 1.17 bits per heavy atom. The summed E-state index contributed by atoms with van der Waals surface area (Å²) in [7, 11) is 1.74. The van der Waals surface area contributed by atoms with Gasteiger partial charge in [0.1, 0.15) is 0 Å². The van der Waals surface area contributed by atoms with Crippen molar-refractivity contribution in [1.82, 2.24) is 10.2 Å². The second-order valence-electron chi connectivity index (χ2n) is 11.0. The van der Waals surface area contributed by atoms with Crippen LogP contribution in [0.5, 0.6) is 0 Å². The maximum Gasteiger partial charge on any atom is 0.261 e. The second-order valence-corrected chi connectivity index (χ2v) is 13.0. The van der Waals surface area contributed by atoms with Gasteiger partial charge in [0.25, 0.3) is 11.8 Å². The molecular formula is C38H48BrF2N3O3S. The van der Waals surface area contributed by atoms with Crippen molar-refractivity contribution in [2.45, 2.75) is 80.6 Å². The summed E-state index contributed by atoms with van der Waals surface area (Å²) in [6.07, 6.45) is 14.9. The highest BCUT2D eigenvalue weighted by atomic mass is 79.9. The van der Waals surface area contributed by atoms with E-state index in [1.165, 1.54) is 35.9 Å². The molecule has 0 fully saturated rings. The van der Waals surface area contributed by atoms with Crippen LogP contribution in [0.3, 0.4) is 0 Å². The molecular weight excluding hydrogens is 696 g/mol. The smallest absolute Gasteiger partial charge is 0.261 e. The number of unbranched alkanes of at least 4 members (excludes halogenated alkanes) is 1. The predicted octanol–water partition coefficient (Wildman–Crippen LogP) is 9.10. The first-order valence-electron chi connectivity index (χ1n) is 16.2. The molecule has 2 aliphatic rings. The first-order valence-corrected chi connectivity index (χ1v) is 17.8. The fraction of sp³-hybridized carbons (Fsp3) is 0.421. The number of nitrogens with one attached hydrogen (secondary N) is 1. The van der Waals surface area contributed by atoms with Crippen molar-refractivity contribution in [3.63, 3.8) is 0 Å². The van der Waals surface area contributed by atoms with Crippen LogP contribution in [0.15, 0.2) is 57.0 Å². The molecule has 0 saturated carbocycles. The minimum Gasteiger partial charge on any atom is -0.384 e. The lowest BCUT2D eigenvalue weighted by molar-refractivity contribution is -0.138. The number of thiophene rings is 1. The van der Waals surface area contributed by atoms with Crippen molar-refractivity contribution in [2.24, 2.45) is 10.9 Å². The van der Waals surface area contributed by atoms with E-state index in [1.54, 1.807) is 38.4 Å². The number of carbonyl (C=O) groups excluding carboxylic acids is 3. The molecule has 10 heteroatoms. The summed E-state index contributed by atoms with van der Waals surface area (Å²) in [4.78, 5) is 43.3. The van der Waals surface area contributed by atoms with E-state index >= 15 is 0 Å². The Morgan fingerprint density at radius 2 is 1.83 bits per heavy atom. The lowest BCUT2D eigenvalue weighted by Gasteiger charge is -2.20. The fourth-order valence-corrected chi connectivity index (χ4v) is 6.26. The van der Waals surface area contributed by atoms with Crippen LogP contribution in [0.2, 0.25) is 0 Å². The molecule has 0 radical (unpaired) electrons. The van der Waals surface area contributed by atoms with Crippen LogP contribution >= 0.6 is 27.3 Å². The molecule has 0 bridgehead atoms. The summed E-state index contributed by atoms with van der Waals surface area (Å²) in [5, 5.41) is 3.41. The van der Waals surface area contributed by atoms with Gasteiger partial charge >= 0.3 is 0 Å². The summed E-state index contributed by atoms with van der Waals surface area (Å²) in [6, 6.07) is 5.68. The third-order valence-electron chi connectivity index (χ3n) is 7.14. The van der Waals surface area contributed by atoms with Crippen molar-refractivity contribution in [3.05, 3.63) is 84.6 Å². The maximum absolute atomic E-state index is 13.3. The van der Waals surface area contributed by atoms with Gasteiger partial charge in [0.15, 0.2) is 17.4 Å². The average Bonchev–Trinajstić information content (AvgIpc) is 3.49. The third-order valence-corrected chi connectivity index (χ3v) is 9.04. The summed E-state index contributed by atoms with van der Waals surface area (Å²) in [5.74, 6) is -0.240. The van der Waals surface area contributed by atoms with E-state index in [0.717, 1.165) is 57.0 Å². The average molecular weight is 745 g/mol. The van der Waals surface area contributed by atoms with Gasteiger partial charge in [0.2, 0.25) is 0 Å². The number of aliphatic imine (C=N–C) groups is 1. The highest BCUT2D eigenvalue weighted by Crippen LogP contribution is 2.33. The highest BCUT2D eigenvalue weighted by Gasteiger charge is 2.35. The molecule has 2 amide bonds. The highest BCUT2D eigenvalue weighted by molar-refractivity contribution is 9.12. The molecule has 2 aliphatic heterocycles. The summed E-state index contributed by atoms with van der Waals surface area (Å²) in [5.41, 5.74) is 3.42. The van der Waals surface area contributed by atoms with E-state index in [2.05, 4.69) is 46.0 Å². The molecule has 0 aliphatic carbocycles. The van der Waals surface area contributed by atoms with Crippen LogP contribution in [-0.2, 0) is 22.4 Å². The van der Waals surface area contributed by atoms with Gasteiger partial charge in [-0.25, -0.2) is 8.78 Å². The van der Waals surface area contributed by atoms with E-state index in [-0.39, 0.29) is 35.6 Å². The van der Waals surface area contributed by atoms with Crippen molar-refractivity contribution < 1.29 is 23.2 Å². The topological polar surface area (TPSA) is 78.8 Å². The number of ketones is 1. The maximum atomic E-state index is 13.3. The number of nitrogens with zero attached hydrogens (tertiary/aromatic N) is 2. The molecule has 1 N–H and O–H groups in total. The number of hydrogen-bond acceptors (Lipinski definition) is 6. The van der Waals surface area contributed by atoms with Gasteiger partial charge in [0.05, 0.1) is 15.1 Å². The van der Waals surface area contributed by atoms with Gasteiger partial charge in [-0.05, 0) is 90.9 Å². The monoisotopic (exact) mass is 743 g/mol. The van der Waals surface area contributed by atoms with Crippen molar-refractivity contribution >= 4 is 56.8 Å². The van der Waals surface area contributed by atoms with Crippen LogP contribution in [0.25, 0.3) is 5.70 Å². The van der Waals surface area contributed by atoms with Gasteiger partial charge in [-0.2, -0.15) is 0 Å². The number of rotatable bonds is 8. The van der Waals surface area contributed by atoms with Crippen LogP contribution < -0.4 is 5.32 Å². The van der Waals surface area contributed by atoms with Gasteiger partial charge in [-0.15, -0.1) is 17.8 Å². The molecule has 3 heterocycles. The van der Waals surface area contributed by atoms with E-state index in [4.69, 9.17) is 6.42 Å². The van der Waals surface area contributed by atoms with Gasteiger partial charge < -0.3 is 5.32 Å². The fourth-order valence-electron chi connectivity index (χ4n) is 4.60. The van der Waals surface area contributed by atoms with Crippen molar-refractivity contribution in [3.8, 4) is 12.3 Å². The number of fused-ring (bicyclic) bond motifs is 1. The number of halogens is 3. The van der Waals surface area contributed by atoms with Crippen molar-refractivity contribution in [1.29, 1.82) is 0 Å². The Balaban J connectivity index is 0.000000424. The lowest BCUT2D eigenvalue weighted by Crippen LogP contribution is -2.35. The molecule has 0 spiro atoms. The molecule has 1 aromatic carbocycles. The van der Waals surface area contributed by atoms with Gasteiger partial charge in [-0.1, -0.05) is 59.4 Å². The van der Waals surface area contributed by atoms with Gasteiger partial charge in [0, 0.05) is 47.9 Å². The van der Waals surface area contributed by atoms with Crippen LogP contribution in [0.4, 0.5) is 8.78 Å². The number of Topliss-reactive ketones (excluding diaryl/α,β-unsaturated/α-hetero) is 1. The van der Waals surface area contributed by atoms with Crippen LogP contribution in [0, 0.1) is 29.9 Å². The first-order chi connectivity index (χ1) is 22.9. The molecule has 48 heavy (non-hydrogen) atoms. The van der Waals surface area contributed by atoms with Gasteiger partial charge in [-0.3, -0.25) is 24.3 Å². The first kappa shape index (κ1) is 42.3. The molecule has 1 atom stereocenters. The predicted molar refractivity (Wildman–Crippen MR) is 199 cm³/mol. The number of imide groups is 1. The largest absolute Gasteiger partial charge is 0.384 e. The number of terminal acetylenes is 1. The zero-order chi connectivity index (χ0) is 36.4. The Hall–Kier alpha value is -3.68. The Labute approximate surface area is 297 Å². The molecule has 0 saturated heterocycles. The minimum absolute atomic E-state index is 0.105. The number of benzene rings is 1. The van der Waals surface area contributed by atoms with E-state index < -0.39 is 11.6 Å². The number of carbonyl (C=O) groups is 3.